The molecule has 10 unspecified atom stereocenters. The summed E-state index contributed by atoms with van der Waals surface area (Å²) in [5, 5.41) is 40.4. The average Bonchev–Trinajstić information content (AvgIpc) is 3.33. The monoisotopic (exact) mass is 1110 g/mol. The third kappa shape index (κ3) is 29.0. The maximum Gasteiger partial charge on any atom is 0.326 e. The van der Waals surface area contributed by atoms with Gasteiger partial charge in [-0.3, -0.25) is 53.1 Å². The van der Waals surface area contributed by atoms with Crippen LogP contribution >= 0.6 is 0 Å². The summed E-state index contributed by atoms with van der Waals surface area (Å²) in [5.41, 5.74) is 38.9. The molecule has 0 saturated heterocycles. The first-order valence-corrected chi connectivity index (χ1v) is 26.5. The summed E-state index contributed by atoms with van der Waals surface area (Å²) in [4.78, 5) is 143. The lowest BCUT2D eigenvalue weighted by Crippen LogP contribution is -2.61. The van der Waals surface area contributed by atoms with Gasteiger partial charge in [-0.25, -0.2) is 4.79 Å². The van der Waals surface area contributed by atoms with Gasteiger partial charge in [0.2, 0.25) is 53.2 Å². The van der Waals surface area contributed by atoms with Crippen LogP contribution in [-0.2, 0) is 47.9 Å². The molecule has 0 aromatic rings. The molecule has 9 amide bonds. The number of carboxylic acids is 1. The van der Waals surface area contributed by atoms with Crippen LogP contribution in [0.1, 0.15) is 133 Å². The Bertz CT molecular complexity index is 2030. The minimum absolute atomic E-state index is 0.00267. The first-order valence-electron chi connectivity index (χ1n) is 26.5. The number of carbonyl (C=O) groups is 10. The smallest absolute Gasteiger partial charge is 0.326 e. The van der Waals surface area contributed by atoms with Crippen molar-refractivity contribution in [1.82, 2.24) is 42.5 Å². The van der Waals surface area contributed by atoms with E-state index in [1.165, 1.54) is 6.92 Å². The number of nitrogens with zero attached hydrogens (tertiary/aromatic N) is 2. The number of guanidine groups is 2. The van der Waals surface area contributed by atoms with Crippen LogP contribution in [0.3, 0.4) is 0 Å². The lowest BCUT2D eigenvalue weighted by Gasteiger charge is -2.30. The molecule has 0 heterocycles. The van der Waals surface area contributed by atoms with Gasteiger partial charge in [0.15, 0.2) is 11.9 Å². The van der Waals surface area contributed by atoms with Gasteiger partial charge in [0, 0.05) is 19.5 Å². The fourth-order valence-corrected chi connectivity index (χ4v) is 7.66. The second-order valence-electron chi connectivity index (χ2n) is 20.9. The number of aliphatic hydroxyl groups excluding tert-OH is 1. The van der Waals surface area contributed by atoms with Crippen LogP contribution in [0.15, 0.2) is 9.98 Å². The van der Waals surface area contributed by atoms with E-state index in [0.717, 1.165) is 0 Å². The van der Waals surface area contributed by atoms with Gasteiger partial charge in [-0.1, -0.05) is 55.4 Å². The highest BCUT2D eigenvalue weighted by molar-refractivity contribution is 5.98. The molecule has 0 saturated carbocycles. The molecule has 0 spiro atoms. The number of primary amides is 1. The highest BCUT2D eigenvalue weighted by Gasteiger charge is 2.36. The van der Waals surface area contributed by atoms with E-state index in [4.69, 9.17) is 40.1 Å². The predicted octanol–water partition coefficient (Wildman–Crippen LogP) is -4.44. The third-order valence-corrected chi connectivity index (χ3v) is 12.0. The Morgan fingerprint density at radius 1 is 0.436 bits per heavy atom. The Labute approximate surface area is 457 Å². The fourth-order valence-electron chi connectivity index (χ4n) is 7.66. The van der Waals surface area contributed by atoms with Crippen LogP contribution in [0.25, 0.3) is 0 Å². The Hall–Kier alpha value is -6.88. The van der Waals surface area contributed by atoms with Gasteiger partial charge in [-0.15, -0.1) is 0 Å². The van der Waals surface area contributed by atoms with E-state index >= 15 is 0 Å². The molecule has 0 bridgehead atoms. The topological polar surface area (TPSA) is 514 Å². The minimum Gasteiger partial charge on any atom is -0.480 e. The maximum atomic E-state index is 14.3. The SMILES string of the molecule is CC(C)CC(NC(=O)C(CCCN=C(N)N)NC(=O)C(CC(C)C)NC(=O)C(N)C(C)O)C(=O)NC(C(=O)NC(CCCCN)C(=O)NC(CCCN=C(N)N)C(=O)NC(CCC(N)=O)C(=O)NC(C(=O)O)C(C)C)C(C)C. The maximum absolute atomic E-state index is 14.3. The predicted molar refractivity (Wildman–Crippen MR) is 292 cm³/mol. The van der Waals surface area contributed by atoms with E-state index in [1.807, 2.05) is 13.8 Å². The largest absolute Gasteiger partial charge is 0.480 e. The Kier molecular flexibility index (Phi) is 33.8. The number of unbranched alkanes of at least 4 members (excludes halogenated alkanes) is 1. The van der Waals surface area contributed by atoms with Gasteiger partial charge < -0.3 is 92.9 Å². The van der Waals surface area contributed by atoms with Crippen molar-refractivity contribution in [3.63, 3.8) is 0 Å². The van der Waals surface area contributed by atoms with E-state index < -0.39 is 131 Å². The lowest BCUT2D eigenvalue weighted by molar-refractivity contribution is -0.143. The van der Waals surface area contributed by atoms with Gasteiger partial charge in [0.1, 0.15) is 54.4 Å². The zero-order valence-electron chi connectivity index (χ0n) is 46.9. The summed E-state index contributed by atoms with van der Waals surface area (Å²) >= 11 is 0. The van der Waals surface area contributed by atoms with Gasteiger partial charge >= 0.3 is 5.97 Å². The normalized spacial score (nSPS) is 15.1. The first kappa shape index (κ1) is 71.1. The zero-order chi connectivity index (χ0) is 60.0. The molecular formula is C49H93N17O12. The van der Waals surface area contributed by atoms with Crippen LogP contribution in [-0.4, -0.2) is 161 Å². The number of hydrogen-bond acceptors (Lipinski definition) is 15. The number of amides is 9. The van der Waals surface area contributed by atoms with Crippen molar-refractivity contribution in [2.24, 2.45) is 73.8 Å². The molecule has 0 aromatic carbocycles. The Morgan fingerprint density at radius 3 is 1.13 bits per heavy atom. The molecule has 446 valence electrons. The number of aliphatic imine (C=N–C) groups is 2. The summed E-state index contributed by atoms with van der Waals surface area (Å²) in [6, 6.07) is -12.0. The number of carbonyl (C=O) groups excluding carboxylic acids is 9. The quantitative estimate of drug-likeness (QED) is 0.0157. The van der Waals surface area contributed by atoms with Crippen molar-refractivity contribution in [2.45, 2.75) is 193 Å². The van der Waals surface area contributed by atoms with Crippen LogP contribution in [0.2, 0.25) is 0 Å². The van der Waals surface area contributed by atoms with Crippen molar-refractivity contribution in [3.05, 3.63) is 0 Å². The molecule has 0 aliphatic carbocycles. The van der Waals surface area contributed by atoms with E-state index in [2.05, 4.69) is 52.5 Å². The number of rotatable bonds is 39. The van der Waals surface area contributed by atoms with E-state index in [9.17, 15) is 58.2 Å². The molecule has 78 heavy (non-hydrogen) atoms. The molecule has 0 rings (SSSR count). The van der Waals surface area contributed by atoms with Gasteiger partial charge in [0.25, 0.3) is 0 Å². The van der Waals surface area contributed by atoms with Crippen molar-refractivity contribution in [2.75, 3.05) is 19.6 Å². The number of nitrogens with one attached hydrogen (secondary N) is 8. The second kappa shape index (κ2) is 37.0. The summed E-state index contributed by atoms with van der Waals surface area (Å²) in [7, 11) is 0. The molecule has 29 heteroatoms. The molecule has 24 N–H and O–H groups in total. The van der Waals surface area contributed by atoms with Crippen molar-refractivity contribution in [1.29, 1.82) is 0 Å². The van der Waals surface area contributed by atoms with Gasteiger partial charge in [0.05, 0.1) is 6.10 Å². The first-order chi connectivity index (χ1) is 36.3. The van der Waals surface area contributed by atoms with Gasteiger partial charge in [-0.2, -0.15) is 0 Å². The highest BCUT2D eigenvalue weighted by Crippen LogP contribution is 2.14. The summed E-state index contributed by atoms with van der Waals surface area (Å²) in [6.45, 7) is 15.2. The summed E-state index contributed by atoms with van der Waals surface area (Å²) < 4.78 is 0. The fraction of sp³-hybridized carbons (Fsp3) is 0.755. The van der Waals surface area contributed by atoms with Crippen molar-refractivity contribution < 1.29 is 58.2 Å². The number of aliphatic hydroxyl groups is 1. The van der Waals surface area contributed by atoms with Crippen molar-refractivity contribution >= 4 is 71.1 Å². The second-order valence-corrected chi connectivity index (χ2v) is 20.9. The Balaban J connectivity index is 6.96. The number of nitrogens with two attached hydrogens (primary N) is 7. The van der Waals surface area contributed by atoms with E-state index in [1.54, 1.807) is 41.5 Å². The molecule has 0 aliphatic rings. The van der Waals surface area contributed by atoms with Crippen LogP contribution in [0.4, 0.5) is 0 Å². The van der Waals surface area contributed by atoms with Crippen molar-refractivity contribution in [3.8, 4) is 0 Å². The number of aliphatic carboxylic acids is 1. The molecule has 29 nitrogen and oxygen atoms in total. The Morgan fingerprint density at radius 2 is 0.769 bits per heavy atom. The molecule has 0 aromatic heterocycles. The van der Waals surface area contributed by atoms with Crippen LogP contribution in [0.5, 0.6) is 0 Å². The highest BCUT2D eigenvalue weighted by atomic mass is 16.4. The standard InChI is InChI=1S/C49H93N17O12/c1-24(2)22-33(64-45(75)36(52)28(9)67)43(73)60-31(16-13-21-58-49(55)56)41(71)63-34(23-25(3)4)44(74)65-37(26(5)6)46(76)62-29(14-10-11-19-50)39(69)59-30(15-12-20-57-48(53)54)40(70)61-32(17-18-35(51)68)42(72)66-38(27(7)8)47(77)78/h24-34,36-38,67H,10-23,50,52H2,1-9H3,(H2,51,68)(H,59,69)(H,60,73)(H,61,70)(H,62,76)(H,63,71)(H,64,75)(H,65,74)(H,66,72)(H,77,78)(H4,53,54,57)(H4,55,56,58). The van der Waals surface area contributed by atoms with E-state index in [0.29, 0.717) is 12.8 Å². The summed E-state index contributed by atoms with van der Waals surface area (Å²) in [5.74, 6) is -10.7. The summed E-state index contributed by atoms with van der Waals surface area (Å²) in [6.07, 6.45) is -0.845. The molecule has 0 aliphatic heterocycles. The number of carboxylic acid groups (broad SMARTS) is 1. The third-order valence-electron chi connectivity index (χ3n) is 12.0. The van der Waals surface area contributed by atoms with Crippen LogP contribution < -0.4 is 82.7 Å². The molecule has 10 atom stereocenters. The average molecular weight is 1110 g/mol. The minimum atomic E-state index is -1.48. The molecular weight excluding hydrogens is 1020 g/mol. The molecule has 0 fully saturated rings. The van der Waals surface area contributed by atoms with Gasteiger partial charge in [-0.05, 0) is 101 Å². The lowest BCUT2D eigenvalue weighted by atomic mass is 9.98. The van der Waals surface area contributed by atoms with Crippen LogP contribution in [0, 0.1) is 23.7 Å². The van der Waals surface area contributed by atoms with E-state index in [-0.39, 0.29) is 101 Å². The number of hydrogen-bond donors (Lipinski definition) is 17. The molecule has 0 radical (unpaired) electrons. The zero-order valence-corrected chi connectivity index (χ0v) is 46.9.